The van der Waals surface area contributed by atoms with Crippen LogP contribution in [0.4, 0.5) is 5.69 Å². The van der Waals surface area contributed by atoms with E-state index in [1.165, 1.54) is 12.1 Å². The van der Waals surface area contributed by atoms with Gasteiger partial charge in [0, 0.05) is 6.54 Å². The van der Waals surface area contributed by atoms with E-state index in [0.717, 1.165) is 21.9 Å². The van der Waals surface area contributed by atoms with Gasteiger partial charge in [0.2, 0.25) is 15.9 Å². The zero-order chi connectivity index (χ0) is 19.9. The monoisotopic (exact) mass is 387 g/mol. The highest BCUT2D eigenvalue weighted by Gasteiger charge is 2.23. The van der Waals surface area contributed by atoms with Crippen molar-refractivity contribution in [3.63, 3.8) is 0 Å². The molecule has 142 valence electrons. The van der Waals surface area contributed by atoms with Crippen molar-refractivity contribution in [2.45, 2.75) is 6.42 Å². The minimum atomic E-state index is -3.73. The molecule has 0 aliphatic carbocycles. The lowest BCUT2D eigenvalue weighted by molar-refractivity contribution is -0.119. The Morgan fingerprint density at radius 3 is 2.52 bits per heavy atom. The van der Waals surface area contributed by atoms with Gasteiger partial charge in [-0.1, -0.05) is 30.3 Å². The van der Waals surface area contributed by atoms with Crippen LogP contribution < -0.4 is 14.4 Å². The van der Waals surface area contributed by atoms with Crippen molar-refractivity contribution in [1.82, 2.24) is 5.32 Å². The molecule has 2 aromatic rings. The van der Waals surface area contributed by atoms with E-state index < -0.39 is 22.5 Å². The molecule has 0 saturated heterocycles. The number of carbonyl (C=O) groups is 1. The fourth-order valence-corrected chi connectivity index (χ4v) is 3.47. The predicted molar refractivity (Wildman–Crippen MR) is 103 cm³/mol. The number of hydrogen-bond acceptors (Lipinski definition) is 5. The van der Waals surface area contributed by atoms with Gasteiger partial charge in [-0.3, -0.25) is 9.10 Å². The number of hydrogen-bond donors (Lipinski definition) is 1. The number of carbonyl (C=O) groups excluding carboxylic acids is 1. The number of nitriles is 1. The molecule has 0 fully saturated rings. The van der Waals surface area contributed by atoms with Crippen molar-refractivity contribution in [3.8, 4) is 11.8 Å². The van der Waals surface area contributed by atoms with Gasteiger partial charge in [-0.15, -0.1) is 0 Å². The van der Waals surface area contributed by atoms with Crippen LogP contribution in [0.15, 0.2) is 48.5 Å². The van der Waals surface area contributed by atoms with E-state index in [1.54, 1.807) is 19.2 Å². The Bertz CT molecular complexity index is 951. The normalized spacial score (nSPS) is 10.7. The second kappa shape index (κ2) is 9.05. The summed E-state index contributed by atoms with van der Waals surface area (Å²) < 4.78 is 30.5. The third kappa shape index (κ3) is 5.46. The van der Waals surface area contributed by atoms with Crippen LogP contribution in [0, 0.1) is 11.3 Å². The van der Waals surface area contributed by atoms with Gasteiger partial charge < -0.3 is 10.1 Å². The smallest absolute Gasteiger partial charge is 0.240 e. The van der Waals surface area contributed by atoms with Crippen LogP contribution in [0.3, 0.4) is 0 Å². The Morgan fingerprint density at radius 2 is 1.85 bits per heavy atom. The van der Waals surface area contributed by atoms with Crippen LogP contribution in [0.1, 0.15) is 11.1 Å². The quantitative estimate of drug-likeness (QED) is 0.743. The molecule has 0 heterocycles. The SMILES string of the molecule is COc1ccccc1CCNC(=O)CN(c1ccccc1C#N)S(C)(=O)=O. The number of sulfonamides is 1. The molecule has 1 amide bonds. The molecule has 0 spiro atoms. The molecule has 2 aromatic carbocycles. The minimum absolute atomic E-state index is 0.183. The third-order valence-corrected chi connectivity index (χ3v) is 5.02. The lowest BCUT2D eigenvalue weighted by Crippen LogP contribution is -2.41. The van der Waals surface area contributed by atoms with Crippen molar-refractivity contribution < 1.29 is 17.9 Å². The Kier molecular flexibility index (Phi) is 6.79. The second-order valence-electron chi connectivity index (χ2n) is 5.81. The van der Waals surface area contributed by atoms with E-state index in [4.69, 9.17) is 4.74 Å². The summed E-state index contributed by atoms with van der Waals surface area (Å²) in [5.74, 6) is 0.274. The van der Waals surface area contributed by atoms with Gasteiger partial charge in [0.25, 0.3) is 0 Å². The van der Waals surface area contributed by atoms with Crippen LogP contribution in [-0.2, 0) is 21.2 Å². The molecule has 0 radical (unpaired) electrons. The number of rotatable bonds is 8. The van der Waals surface area contributed by atoms with E-state index in [9.17, 15) is 18.5 Å². The van der Waals surface area contributed by atoms with Crippen molar-refractivity contribution in [2.24, 2.45) is 0 Å². The summed E-state index contributed by atoms with van der Waals surface area (Å²) in [4.78, 5) is 12.3. The fraction of sp³-hybridized carbons (Fsp3) is 0.263. The predicted octanol–water partition coefficient (Wildman–Crippen LogP) is 1.69. The maximum atomic E-state index is 12.3. The number of anilines is 1. The highest BCUT2D eigenvalue weighted by Crippen LogP contribution is 2.22. The lowest BCUT2D eigenvalue weighted by atomic mass is 10.1. The zero-order valence-electron chi connectivity index (χ0n) is 15.2. The van der Waals surface area contributed by atoms with Crippen molar-refractivity contribution in [2.75, 3.05) is 30.8 Å². The largest absolute Gasteiger partial charge is 0.496 e. The number of methoxy groups -OCH3 is 1. The highest BCUT2D eigenvalue weighted by atomic mass is 32.2. The molecule has 7 nitrogen and oxygen atoms in total. The minimum Gasteiger partial charge on any atom is -0.496 e. The average Bonchev–Trinajstić information content (AvgIpc) is 2.65. The summed E-state index contributed by atoms with van der Waals surface area (Å²) in [7, 11) is -2.15. The van der Waals surface area contributed by atoms with Gasteiger partial charge in [-0.2, -0.15) is 5.26 Å². The number of nitrogens with zero attached hydrogens (tertiary/aromatic N) is 2. The van der Waals surface area contributed by atoms with Gasteiger partial charge in [-0.05, 0) is 30.2 Å². The van der Waals surface area contributed by atoms with Crippen LogP contribution in [0.5, 0.6) is 5.75 Å². The topological polar surface area (TPSA) is 99.5 Å². The summed E-state index contributed by atoms with van der Waals surface area (Å²) in [6, 6.07) is 15.7. The maximum Gasteiger partial charge on any atom is 0.240 e. The molecule has 27 heavy (non-hydrogen) atoms. The van der Waals surface area contributed by atoms with Gasteiger partial charge in [0.15, 0.2) is 0 Å². The lowest BCUT2D eigenvalue weighted by Gasteiger charge is -2.22. The molecular weight excluding hydrogens is 366 g/mol. The van der Waals surface area contributed by atoms with Crippen LogP contribution in [0.25, 0.3) is 0 Å². The molecule has 0 bridgehead atoms. The highest BCUT2D eigenvalue weighted by molar-refractivity contribution is 7.92. The first kappa shape index (κ1) is 20.3. The fourth-order valence-electron chi connectivity index (χ4n) is 2.60. The molecular formula is C19H21N3O4S. The van der Waals surface area contributed by atoms with Crippen LogP contribution in [-0.4, -0.2) is 40.8 Å². The van der Waals surface area contributed by atoms with Crippen LogP contribution >= 0.6 is 0 Å². The zero-order valence-corrected chi connectivity index (χ0v) is 16.0. The van der Waals surface area contributed by atoms with Gasteiger partial charge >= 0.3 is 0 Å². The summed E-state index contributed by atoms with van der Waals surface area (Å²) in [5.41, 5.74) is 1.31. The summed E-state index contributed by atoms with van der Waals surface area (Å²) >= 11 is 0. The van der Waals surface area contributed by atoms with Crippen molar-refractivity contribution in [1.29, 1.82) is 5.26 Å². The Balaban J connectivity index is 2.06. The van der Waals surface area contributed by atoms with Crippen LogP contribution in [0.2, 0.25) is 0 Å². The number of nitrogens with one attached hydrogen (secondary N) is 1. The molecule has 2 rings (SSSR count). The van der Waals surface area contributed by atoms with E-state index >= 15 is 0 Å². The molecule has 0 aromatic heterocycles. The standard InChI is InChI=1S/C19H21N3O4S/c1-26-18-10-6-4-7-15(18)11-12-21-19(23)14-22(27(2,24)25)17-9-5-3-8-16(17)13-20/h3-10H,11-12,14H2,1-2H3,(H,21,23). The van der Waals surface area contributed by atoms with Crippen molar-refractivity contribution in [3.05, 3.63) is 59.7 Å². The summed E-state index contributed by atoms with van der Waals surface area (Å²) in [6.07, 6.45) is 1.55. The average molecular weight is 387 g/mol. The number of amides is 1. The summed E-state index contributed by atoms with van der Waals surface area (Å²) in [6.45, 7) is -0.0693. The number of para-hydroxylation sites is 2. The molecule has 0 atom stereocenters. The second-order valence-corrected chi connectivity index (χ2v) is 7.72. The molecule has 0 aliphatic rings. The Hall–Kier alpha value is -3.05. The Morgan fingerprint density at radius 1 is 1.19 bits per heavy atom. The van der Waals surface area contributed by atoms with Gasteiger partial charge in [0.1, 0.15) is 18.4 Å². The van der Waals surface area contributed by atoms with E-state index in [0.29, 0.717) is 13.0 Å². The maximum absolute atomic E-state index is 12.3. The molecule has 0 unspecified atom stereocenters. The molecule has 0 aliphatic heterocycles. The first-order valence-electron chi connectivity index (χ1n) is 8.22. The molecule has 8 heteroatoms. The van der Waals surface area contributed by atoms with Gasteiger partial charge in [0.05, 0.1) is 24.6 Å². The number of ether oxygens (including phenoxy) is 1. The van der Waals surface area contributed by atoms with E-state index in [-0.39, 0.29) is 11.3 Å². The van der Waals surface area contributed by atoms with E-state index in [2.05, 4.69) is 5.32 Å². The summed E-state index contributed by atoms with van der Waals surface area (Å²) in [5, 5.41) is 11.9. The van der Waals surface area contributed by atoms with E-state index in [1.807, 2.05) is 30.3 Å². The Labute approximate surface area is 159 Å². The van der Waals surface area contributed by atoms with Crippen molar-refractivity contribution >= 4 is 21.6 Å². The third-order valence-electron chi connectivity index (χ3n) is 3.89. The molecule has 1 N–H and O–H groups in total. The van der Waals surface area contributed by atoms with Gasteiger partial charge in [-0.25, -0.2) is 8.42 Å². The number of benzene rings is 2. The first-order valence-corrected chi connectivity index (χ1v) is 10.1. The molecule has 0 saturated carbocycles. The first-order chi connectivity index (χ1) is 12.9.